The zero-order valence-electron chi connectivity index (χ0n) is 21.4. The summed E-state index contributed by atoms with van der Waals surface area (Å²) in [5.41, 5.74) is 2.49. The number of sulfonamides is 1. The van der Waals surface area contributed by atoms with Crippen LogP contribution in [-0.2, 0) is 16.6 Å². The van der Waals surface area contributed by atoms with E-state index in [1.165, 1.54) is 18.2 Å². The Bertz CT molecular complexity index is 1860. The molecular weight excluding hydrogens is 528 g/mol. The Morgan fingerprint density at radius 2 is 1.25 bits per heavy atom. The first-order valence-corrected chi connectivity index (χ1v) is 14.3. The van der Waals surface area contributed by atoms with Gasteiger partial charge in [-0.15, -0.1) is 0 Å². The topological polar surface area (TPSA) is 117 Å². The van der Waals surface area contributed by atoms with E-state index in [0.717, 1.165) is 26.1 Å². The maximum Gasteiger partial charge on any atom is 0.243 e. The van der Waals surface area contributed by atoms with Crippen molar-refractivity contribution in [2.75, 3.05) is 19.7 Å². The molecule has 1 aliphatic carbocycles. The number of carbonyl (C=O) groups is 2. The lowest BCUT2D eigenvalue weighted by Crippen LogP contribution is -2.40. The highest BCUT2D eigenvalue weighted by Gasteiger charge is 2.33. The molecule has 0 amide bonds. The van der Waals surface area contributed by atoms with Gasteiger partial charge >= 0.3 is 0 Å². The molecule has 0 radical (unpaired) electrons. The second kappa shape index (κ2) is 10.1. The van der Waals surface area contributed by atoms with Crippen LogP contribution in [0, 0.1) is 0 Å². The molecule has 0 fully saturated rings. The summed E-state index contributed by atoms with van der Waals surface area (Å²) in [5, 5.41) is 22.9. The van der Waals surface area contributed by atoms with E-state index in [1.54, 1.807) is 24.3 Å². The highest BCUT2D eigenvalue weighted by molar-refractivity contribution is 7.89. The number of fused-ring (bicyclic) bond motifs is 5. The number of hydrogen-bond donors (Lipinski definition) is 2. The van der Waals surface area contributed by atoms with E-state index >= 15 is 0 Å². The molecule has 1 heterocycles. The Kier molecular flexibility index (Phi) is 6.59. The monoisotopic (exact) mass is 554 g/mol. The van der Waals surface area contributed by atoms with Gasteiger partial charge in [-0.05, 0) is 30.3 Å². The minimum Gasteiger partial charge on any atom is -0.395 e. The van der Waals surface area contributed by atoms with Crippen LogP contribution in [0.15, 0.2) is 95.9 Å². The summed E-state index contributed by atoms with van der Waals surface area (Å²) in [6.45, 7) is -0.869. The van der Waals surface area contributed by atoms with Gasteiger partial charge in [-0.3, -0.25) is 9.59 Å². The van der Waals surface area contributed by atoms with E-state index in [1.807, 2.05) is 53.1 Å². The lowest BCUT2D eigenvalue weighted by molar-refractivity contribution is 0.0979. The normalized spacial score (nSPS) is 14.1. The van der Waals surface area contributed by atoms with Gasteiger partial charge in [-0.25, -0.2) is 8.42 Å². The Morgan fingerprint density at radius 1 is 0.725 bits per heavy atom. The SMILES string of the molecule is O=C1c2ccccc2C(=O)c2cc(S(=O)(=O)N(CCO)CC(O)Cn3c4ccccc4c4ccccc43)ccc21. The van der Waals surface area contributed by atoms with Crippen molar-refractivity contribution in [1.82, 2.24) is 8.87 Å². The van der Waals surface area contributed by atoms with E-state index in [0.29, 0.717) is 0 Å². The molecule has 40 heavy (non-hydrogen) atoms. The van der Waals surface area contributed by atoms with Crippen LogP contribution in [-0.4, -0.2) is 64.9 Å². The number of carbonyl (C=O) groups excluding carboxylic acids is 2. The summed E-state index contributed by atoms with van der Waals surface area (Å²) < 4.78 is 30.4. The summed E-state index contributed by atoms with van der Waals surface area (Å²) in [5.74, 6) is -0.773. The first-order chi connectivity index (χ1) is 19.3. The number of ketones is 2. The lowest BCUT2D eigenvalue weighted by Gasteiger charge is -2.25. The molecule has 0 spiro atoms. The maximum absolute atomic E-state index is 13.7. The van der Waals surface area contributed by atoms with Crippen molar-refractivity contribution in [1.29, 1.82) is 0 Å². The fraction of sp³-hybridized carbons (Fsp3) is 0.161. The molecule has 1 aliphatic rings. The standard InChI is InChI=1S/C31H26N2O6S/c34-16-15-32(18-20(35)19-33-28-11-5-3-7-22(28)23-8-4-6-12-29(23)33)40(38,39)21-13-14-26-27(17-21)31(37)25-10-2-1-9-24(25)30(26)36/h1-14,17,20,34-35H,15-16,18-19H2. The van der Waals surface area contributed by atoms with Gasteiger partial charge in [0.05, 0.1) is 24.2 Å². The molecule has 9 heteroatoms. The number of benzene rings is 4. The number of nitrogens with zero attached hydrogens (tertiary/aromatic N) is 2. The van der Waals surface area contributed by atoms with Gasteiger partial charge in [-0.2, -0.15) is 4.31 Å². The number of para-hydroxylation sites is 2. The van der Waals surface area contributed by atoms with Gasteiger partial charge in [0.2, 0.25) is 10.0 Å². The predicted octanol–water partition coefficient (Wildman–Crippen LogP) is 3.61. The van der Waals surface area contributed by atoms with Crippen molar-refractivity contribution < 1.29 is 28.2 Å². The van der Waals surface area contributed by atoms with E-state index in [4.69, 9.17) is 0 Å². The van der Waals surface area contributed by atoms with Crippen LogP contribution in [0.3, 0.4) is 0 Å². The Morgan fingerprint density at radius 3 is 1.85 bits per heavy atom. The molecule has 6 rings (SSSR count). The molecule has 0 aliphatic heterocycles. The fourth-order valence-corrected chi connectivity index (χ4v) is 7.01. The minimum atomic E-state index is -4.23. The molecule has 0 saturated carbocycles. The average molecular weight is 555 g/mol. The first-order valence-electron chi connectivity index (χ1n) is 12.9. The van der Waals surface area contributed by atoms with Gasteiger partial charge in [0, 0.05) is 57.1 Å². The molecule has 4 aromatic carbocycles. The smallest absolute Gasteiger partial charge is 0.243 e. The Hall–Kier alpha value is -4.15. The van der Waals surface area contributed by atoms with E-state index in [9.17, 15) is 28.2 Å². The van der Waals surface area contributed by atoms with Crippen LogP contribution in [0.2, 0.25) is 0 Å². The third kappa shape index (κ3) is 4.24. The Balaban J connectivity index is 1.31. The van der Waals surface area contributed by atoms with Crippen LogP contribution in [0.5, 0.6) is 0 Å². The molecule has 1 atom stereocenters. The molecule has 202 valence electrons. The molecular formula is C31H26N2O6S. The highest BCUT2D eigenvalue weighted by atomic mass is 32.2. The van der Waals surface area contributed by atoms with E-state index in [-0.39, 0.29) is 52.6 Å². The molecule has 8 nitrogen and oxygen atoms in total. The van der Waals surface area contributed by atoms with Crippen LogP contribution in [0.4, 0.5) is 0 Å². The summed E-state index contributed by atoms with van der Waals surface area (Å²) in [7, 11) is -4.23. The van der Waals surface area contributed by atoms with Crippen molar-refractivity contribution in [2.24, 2.45) is 0 Å². The first kappa shape index (κ1) is 26.1. The summed E-state index contributed by atoms with van der Waals surface area (Å²) in [6, 6.07) is 25.9. The zero-order chi connectivity index (χ0) is 28.0. The fourth-order valence-electron chi connectivity index (χ4n) is 5.51. The molecule has 0 bridgehead atoms. The third-order valence-corrected chi connectivity index (χ3v) is 9.23. The summed E-state index contributed by atoms with van der Waals surface area (Å²) in [4.78, 5) is 25.9. The van der Waals surface area contributed by atoms with Crippen molar-refractivity contribution >= 4 is 43.4 Å². The van der Waals surface area contributed by atoms with Crippen molar-refractivity contribution in [2.45, 2.75) is 17.5 Å². The second-order valence-electron chi connectivity index (χ2n) is 9.80. The third-order valence-electron chi connectivity index (χ3n) is 7.37. The van der Waals surface area contributed by atoms with E-state index < -0.39 is 28.5 Å². The average Bonchev–Trinajstić information content (AvgIpc) is 3.28. The van der Waals surface area contributed by atoms with Gasteiger partial charge in [0.15, 0.2) is 11.6 Å². The van der Waals surface area contributed by atoms with Gasteiger partial charge in [-0.1, -0.05) is 60.7 Å². The lowest BCUT2D eigenvalue weighted by atomic mass is 9.84. The highest BCUT2D eigenvalue weighted by Crippen LogP contribution is 2.31. The largest absolute Gasteiger partial charge is 0.395 e. The van der Waals surface area contributed by atoms with Crippen LogP contribution >= 0.6 is 0 Å². The summed E-state index contributed by atoms with van der Waals surface area (Å²) >= 11 is 0. The molecule has 1 aromatic heterocycles. The minimum absolute atomic E-state index is 0.0135. The van der Waals surface area contributed by atoms with Gasteiger partial charge in [0.1, 0.15) is 0 Å². The second-order valence-corrected chi connectivity index (χ2v) is 11.7. The number of aliphatic hydroxyl groups excluding tert-OH is 2. The van der Waals surface area contributed by atoms with Gasteiger partial charge < -0.3 is 14.8 Å². The maximum atomic E-state index is 13.7. The van der Waals surface area contributed by atoms with Crippen molar-refractivity contribution in [3.63, 3.8) is 0 Å². The van der Waals surface area contributed by atoms with Crippen LogP contribution in [0.1, 0.15) is 31.8 Å². The van der Waals surface area contributed by atoms with Gasteiger partial charge in [0.25, 0.3) is 0 Å². The number of rotatable bonds is 8. The molecule has 5 aromatic rings. The number of aromatic nitrogens is 1. The molecule has 0 saturated heterocycles. The number of hydrogen-bond acceptors (Lipinski definition) is 6. The van der Waals surface area contributed by atoms with Crippen molar-refractivity contribution in [3.8, 4) is 0 Å². The summed E-state index contributed by atoms with van der Waals surface area (Å²) in [6.07, 6.45) is -1.10. The van der Waals surface area contributed by atoms with Crippen LogP contribution < -0.4 is 0 Å². The number of aliphatic hydroxyl groups is 2. The molecule has 2 N–H and O–H groups in total. The predicted molar refractivity (Wildman–Crippen MR) is 151 cm³/mol. The van der Waals surface area contributed by atoms with Crippen molar-refractivity contribution in [3.05, 3.63) is 113 Å². The zero-order valence-corrected chi connectivity index (χ0v) is 22.2. The van der Waals surface area contributed by atoms with Crippen LogP contribution in [0.25, 0.3) is 21.8 Å². The quantitative estimate of drug-likeness (QED) is 0.297. The van der Waals surface area contributed by atoms with E-state index in [2.05, 4.69) is 0 Å². The Labute approximate surface area is 230 Å². The molecule has 1 unspecified atom stereocenters.